The molecule has 2 aromatic heterocycles. The van der Waals surface area contributed by atoms with Crippen LogP contribution in [-0.4, -0.2) is 75.8 Å². The number of amides is 1. The van der Waals surface area contributed by atoms with Gasteiger partial charge in [-0.3, -0.25) is 9.78 Å². The SMILES string of the molecule is Cc1ccc2nccc(N3CCC(O)(CN(C)C(=O)c4ccc(OCC(=O)O)cc4)CC3)c2n1. The Labute approximate surface area is 197 Å². The van der Waals surface area contributed by atoms with Crippen molar-refractivity contribution in [3.8, 4) is 5.75 Å². The average molecular weight is 465 g/mol. The van der Waals surface area contributed by atoms with E-state index in [0.29, 0.717) is 37.2 Å². The smallest absolute Gasteiger partial charge is 0.341 e. The van der Waals surface area contributed by atoms with Crippen LogP contribution in [0.25, 0.3) is 11.0 Å². The fraction of sp³-hybridized carbons (Fsp3) is 0.360. The molecule has 0 aliphatic carbocycles. The van der Waals surface area contributed by atoms with E-state index in [1.54, 1.807) is 37.5 Å². The maximum absolute atomic E-state index is 12.9. The molecule has 4 rings (SSSR count). The summed E-state index contributed by atoms with van der Waals surface area (Å²) in [5.41, 5.74) is 3.08. The average Bonchev–Trinajstić information content (AvgIpc) is 2.82. The number of pyridine rings is 2. The van der Waals surface area contributed by atoms with E-state index in [9.17, 15) is 14.7 Å². The molecule has 1 fully saturated rings. The molecular formula is C25H28N4O5. The molecule has 0 unspecified atom stereocenters. The summed E-state index contributed by atoms with van der Waals surface area (Å²) < 4.78 is 5.10. The van der Waals surface area contributed by atoms with E-state index >= 15 is 0 Å². The number of carboxylic acids is 1. The van der Waals surface area contributed by atoms with Crippen LogP contribution in [-0.2, 0) is 4.79 Å². The van der Waals surface area contributed by atoms with Crippen LogP contribution in [0.1, 0.15) is 28.9 Å². The number of likely N-dealkylation sites (N-methyl/N-ethyl adjacent to an activating group) is 1. The molecule has 1 aromatic carbocycles. The normalized spacial score (nSPS) is 15.2. The number of carboxylic acid groups (broad SMARTS) is 1. The number of anilines is 1. The Kier molecular flexibility index (Phi) is 6.65. The monoisotopic (exact) mass is 464 g/mol. The highest BCUT2D eigenvalue weighted by atomic mass is 16.5. The van der Waals surface area contributed by atoms with Gasteiger partial charge in [0.2, 0.25) is 0 Å². The van der Waals surface area contributed by atoms with Crippen LogP contribution in [0.15, 0.2) is 48.7 Å². The van der Waals surface area contributed by atoms with Crippen molar-refractivity contribution in [1.82, 2.24) is 14.9 Å². The maximum atomic E-state index is 12.9. The number of aliphatic carboxylic acids is 1. The molecule has 9 heteroatoms. The summed E-state index contributed by atoms with van der Waals surface area (Å²) in [6.45, 7) is 3.01. The lowest BCUT2D eigenvalue weighted by Gasteiger charge is -2.41. The quantitative estimate of drug-likeness (QED) is 0.548. The molecule has 2 N–H and O–H groups in total. The fourth-order valence-electron chi connectivity index (χ4n) is 4.26. The Morgan fingerprint density at radius 1 is 1.12 bits per heavy atom. The van der Waals surface area contributed by atoms with Crippen molar-refractivity contribution in [2.75, 3.05) is 38.2 Å². The molecule has 34 heavy (non-hydrogen) atoms. The first-order chi connectivity index (χ1) is 16.2. The number of ether oxygens (including phenoxy) is 1. The number of fused-ring (bicyclic) bond motifs is 1. The summed E-state index contributed by atoms with van der Waals surface area (Å²) in [5, 5.41) is 19.9. The van der Waals surface area contributed by atoms with Gasteiger partial charge in [-0.2, -0.15) is 0 Å². The van der Waals surface area contributed by atoms with Crippen molar-refractivity contribution in [2.24, 2.45) is 0 Å². The Morgan fingerprint density at radius 3 is 2.50 bits per heavy atom. The van der Waals surface area contributed by atoms with Crippen molar-refractivity contribution in [1.29, 1.82) is 0 Å². The highest BCUT2D eigenvalue weighted by Crippen LogP contribution is 2.30. The van der Waals surface area contributed by atoms with E-state index in [1.165, 1.54) is 4.90 Å². The zero-order valence-corrected chi connectivity index (χ0v) is 19.3. The summed E-state index contributed by atoms with van der Waals surface area (Å²) in [5.74, 6) is -0.913. The number of aryl methyl sites for hydroxylation is 1. The van der Waals surface area contributed by atoms with E-state index in [1.807, 2.05) is 25.1 Å². The standard InChI is InChI=1S/C25H28N4O5/c1-17-3-8-20-23(27-17)21(9-12-26-20)29-13-10-25(33,11-14-29)16-28(2)24(32)18-4-6-19(7-5-18)34-15-22(30)31/h3-9,12,33H,10-11,13-16H2,1-2H3,(H,30,31). The minimum absolute atomic E-state index is 0.214. The lowest BCUT2D eigenvalue weighted by Crippen LogP contribution is -2.51. The first kappa shape index (κ1) is 23.4. The van der Waals surface area contributed by atoms with Crippen molar-refractivity contribution in [3.05, 3.63) is 59.9 Å². The van der Waals surface area contributed by atoms with Crippen LogP contribution in [0.4, 0.5) is 5.69 Å². The summed E-state index contributed by atoms with van der Waals surface area (Å²) in [4.78, 5) is 36.3. The molecule has 0 bridgehead atoms. The van der Waals surface area contributed by atoms with Gasteiger partial charge >= 0.3 is 5.97 Å². The Hall–Kier alpha value is -3.72. The van der Waals surface area contributed by atoms with Crippen molar-refractivity contribution < 1.29 is 24.5 Å². The lowest BCUT2D eigenvalue weighted by molar-refractivity contribution is -0.139. The molecule has 1 amide bonds. The third-order valence-corrected chi connectivity index (χ3v) is 6.08. The summed E-state index contributed by atoms with van der Waals surface area (Å²) >= 11 is 0. The van der Waals surface area contributed by atoms with Gasteiger partial charge in [0.25, 0.3) is 5.91 Å². The minimum atomic E-state index is -1.07. The van der Waals surface area contributed by atoms with Crippen LogP contribution >= 0.6 is 0 Å². The fourth-order valence-corrected chi connectivity index (χ4v) is 4.26. The minimum Gasteiger partial charge on any atom is -0.482 e. The molecule has 1 saturated heterocycles. The molecule has 9 nitrogen and oxygen atoms in total. The van der Waals surface area contributed by atoms with Crippen molar-refractivity contribution >= 4 is 28.6 Å². The predicted molar refractivity (Wildman–Crippen MR) is 127 cm³/mol. The second-order valence-corrected chi connectivity index (χ2v) is 8.73. The van der Waals surface area contributed by atoms with E-state index in [2.05, 4.69) is 14.9 Å². The first-order valence-electron chi connectivity index (χ1n) is 11.1. The van der Waals surface area contributed by atoms with Crippen LogP contribution in [0.3, 0.4) is 0 Å². The van der Waals surface area contributed by atoms with Crippen molar-refractivity contribution in [3.63, 3.8) is 0 Å². The van der Waals surface area contributed by atoms with E-state index < -0.39 is 18.2 Å². The number of piperidine rings is 1. The second-order valence-electron chi connectivity index (χ2n) is 8.73. The third-order valence-electron chi connectivity index (χ3n) is 6.08. The number of benzene rings is 1. The van der Waals surface area contributed by atoms with Crippen LogP contribution in [0, 0.1) is 6.92 Å². The highest BCUT2D eigenvalue weighted by Gasteiger charge is 2.35. The molecule has 0 atom stereocenters. The van der Waals surface area contributed by atoms with Crippen molar-refractivity contribution in [2.45, 2.75) is 25.4 Å². The third kappa shape index (κ3) is 5.26. The largest absolute Gasteiger partial charge is 0.482 e. The highest BCUT2D eigenvalue weighted by molar-refractivity contribution is 5.94. The predicted octanol–water partition coefficient (Wildman–Crippen LogP) is 2.51. The van der Waals surface area contributed by atoms with E-state index in [0.717, 1.165) is 22.4 Å². The Balaban J connectivity index is 1.37. The van der Waals surface area contributed by atoms with Gasteiger partial charge in [-0.05, 0) is 62.2 Å². The molecule has 178 valence electrons. The van der Waals surface area contributed by atoms with Gasteiger partial charge in [0.15, 0.2) is 6.61 Å². The van der Waals surface area contributed by atoms with Crippen LogP contribution in [0.2, 0.25) is 0 Å². The zero-order chi connectivity index (χ0) is 24.3. The molecule has 0 saturated carbocycles. The molecule has 1 aliphatic heterocycles. The number of rotatable bonds is 7. The number of nitrogens with zero attached hydrogens (tertiary/aromatic N) is 4. The van der Waals surface area contributed by atoms with Crippen LogP contribution in [0.5, 0.6) is 5.75 Å². The summed E-state index contributed by atoms with van der Waals surface area (Å²) in [6.07, 6.45) is 2.81. The maximum Gasteiger partial charge on any atom is 0.341 e. The summed E-state index contributed by atoms with van der Waals surface area (Å²) in [6, 6.07) is 12.2. The van der Waals surface area contributed by atoms with E-state index in [4.69, 9.17) is 9.84 Å². The summed E-state index contributed by atoms with van der Waals surface area (Å²) in [7, 11) is 1.67. The van der Waals surface area contributed by atoms with Gasteiger partial charge in [0.1, 0.15) is 11.3 Å². The van der Waals surface area contributed by atoms with E-state index in [-0.39, 0.29) is 12.5 Å². The number of hydrogen-bond acceptors (Lipinski definition) is 7. The van der Waals surface area contributed by atoms with Gasteiger partial charge < -0.3 is 24.7 Å². The lowest BCUT2D eigenvalue weighted by atomic mass is 9.90. The number of aromatic nitrogens is 2. The van der Waals surface area contributed by atoms with Gasteiger partial charge in [-0.15, -0.1) is 0 Å². The number of hydrogen-bond donors (Lipinski definition) is 2. The van der Waals surface area contributed by atoms with Gasteiger partial charge in [-0.25, -0.2) is 9.78 Å². The number of carbonyl (C=O) groups excluding carboxylic acids is 1. The van der Waals surface area contributed by atoms with Gasteiger partial charge in [-0.1, -0.05) is 0 Å². The molecule has 3 heterocycles. The Morgan fingerprint density at radius 2 is 1.82 bits per heavy atom. The van der Waals surface area contributed by atoms with Gasteiger partial charge in [0, 0.05) is 44.1 Å². The number of aliphatic hydroxyl groups is 1. The molecule has 3 aromatic rings. The topological polar surface area (TPSA) is 116 Å². The van der Waals surface area contributed by atoms with Gasteiger partial charge in [0.05, 0.1) is 16.8 Å². The second kappa shape index (κ2) is 9.64. The number of carbonyl (C=O) groups is 2. The van der Waals surface area contributed by atoms with Crippen LogP contribution < -0.4 is 9.64 Å². The molecule has 0 radical (unpaired) electrons. The Bertz CT molecular complexity index is 1190. The molecular weight excluding hydrogens is 436 g/mol. The first-order valence-corrected chi connectivity index (χ1v) is 11.1. The molecule has 1 aliphatic rings. The molecule has 0 spiro atoms. The zero-order valence-electron chi connectivity index (χ0n) is 19.3.